The van der Waals surface area contributed by atoms with Crippen LogP contribution < -0.4 is 15.4 Å². The monoisotopic (exact) mass is 705 g/mol. The van der Waals surface area contributed by atoms with E-state index in [1.807, 2.05) is 0 Å². The Balaban J connectivity index is 1.39. The maximum atomic E-state index is 15.4. The van der Waals surface area contributed by atoms with Gasteiger partial charge in [-0.1, -0.05) is 18.2 Å². The van der Waals surface area contributed by atoms with Gasteiger partial charge < -0.3 is 15.8 Å². The first-order valence-electron chi connectivity index (χ1n) is 16.2. The van der Waals surface area contributed by atoms with Crippen LogP contribution in [0, 0.1) is 23.3 Å². The van der Waals surface area contributed by atoms with Gasteiger partial charge in [0.2, 0.25) is 5.91 Å². The van der Waals surface area contributed by atoms with Gasteiger partial charge in [-0.15, -0.1) is 0 Å². The molecule has 14 heteroatoms. The summed E-state index contributed by atoms with van der Waals surface area (Å²) in [7, 11) is -3.57. The zero-order valence-electron chi connectivity index (χ0n) is 27.5. The number of hydrogen-bond donors (Lipinski definition) is 3. The lowest BCUT2D eigenvalue weighted by Crippen LogP contribution is -3.20. The highest BCUT2D eigenvalue weighted by Crippen LogP contribution is 2.31. The molecular weight excluding hydrogens is 664 g/mol. The van der Waals surface area contributed by atoms with Crippen LogP contribution in [0.1, 0.15) is 62.6 Å². The minimum absolute atomic E-state index is 0.00450. The van der Waals surface area contributed by atoms with Crippen molar-refractivity contribution in [2.45, 2.75) is 76.1 Å². The Morgan fingerprint density at radius 2 is 1.67 bits per heavy atom. The molecule has 264 valence electrons. The van der Waals surface area contributed by atoms with E-state index >= 15 is 4.39 Å². The molecule has 2 fully saturated rings. The van der Waals surface area contributed by atoms with Crippen molar-refractivity contribution in [3.05, 3.63) is 101 Å². The van der Waals surface area contributed by atoms with Crippen LogP contribution in [0.2, 0.25) is 0 Å². The second kappa shape index (κ2) is 14.5. The molecular formula is C35H41F4N4O5S+. The van der Waals surface area contributed by atoms with E-state index in [1.165, 1.54) is 30.3 Å². The van der Waals surface area contributed by atoms with Gasteiger partial charge in [0.1, 0.15) is 47.2 Å². The Labute approximate surface area is 283 Å². The molecule has 3 aromatic carbocycles. The van der Waals surface area contributed by atoms with Crippen LogP contribution in [0.3, 0.4) is 0 Å². The van der Waals surface area contributed by atoms with E-state index in [1.54, 1.807) is 25.7 Å². The molecule has 2 saturated heterocycles. The molecule has 2 aliphatic rings. The lowest BCUT2D eigenvalue weighted by atomic mass is 9.84. The minimum Gasteiger partial charge on any atom is -0.444 e. The van der Waals surface area contributed by atoms with Crippen LogP contribution in [0.25, 0.3) is 0 Å². The molecule has 2 aliphatic heterocycles. The van der Waals surface area contributed by atoms with Crippen LogP contribution in [-0.2, 0) is 26.0 Å². The number of anilines is 1. The topological polar surface area (TPSA) is 123 Å². The van der Waals surface area contributed by atoms with Crippen molar-refractivity contribution >= 4 is 27.7 Å². The van der Waals surface area contributed by atoms with Gasteiger partial charge in [0.15, 0.2) is 0 Å². The third-order valence-corrected chi connectivity index (χ3v) is 11.1. The number of nitrogens with zero attached hydrogens (tertiary/aromatic N) is 1. The van der Waals surface area contributed by atoms with Crippen LogP contribution >= 0.6 is 0 Å². The molecule has 0 radical (unpaired) electrons. The molecule has 9 nitrogen and oxygen atoms in total. The highest BCUT2D eigenvalue weighted by molar-refractivity contribution is 7.85. The number of fused-ring (bicyclic) bond motifs is 2. The molecule has 0 aliphatic carbocycles. The maximum absolute atomic E-state index is 15.4. The van der Waals surface area contributed by atoms with E-state index in [4.69, 9.17) is 10.5 Å². The fourth-order valence-corrected chi connectivity index (χ4v) is 8.68. The molecule has 5 unspecified atom stereocenters. The first kappa shape index (κ1) is 36.3. The first-order chi connectivity index (χ1) is 23.0. The Morgan fingerprint density at radius 3 is 2.33 bits per heavy atom. The average Bonchev–Trinajstić information content (AvgIpc) is 3.13. The number of nitrogens with two attached hydrogens (primary N) is 1. The molecule has 2 heterocycles. The summed E-state index contributed by atoms with van der Waals surface area (Å²) >= 11 is 0. The number of halogens is 4. The van der Waals surface area contributed by atoms with E-state index in [2.05, 4.69) is 5.32 Å². The standard InChI is InChI=1S/C35H40F4N4O5S/c1-35(2,3)48-34(45)42-19-27(43-20-26(42)6-5-15-49(43,46)47)13-14-28-29(39)7-4-8-30(28)41-33(44)32(40)31(21-9-11-23(36)12-10-21)22-16-24(37)18-25(38)17-22/h4,7-12,16-18,26-27,31-32H,5-6,13-15,19-20,40H2,1-3H3,(H,41,44)/p+1. The normalized spacial score (nSPS) is 21.7. The SMILES string of the molecule is CC(C)(C)OC(=O)N1CC(CCc2c(F)cccc2NC(=O)C(N)C(c2ccc(F)cc2)c2cc(F)cc(F)c2)[NH+]2CC1CCCS2(=O)=O. The number of carbonyl (C=O) groups is 2. The third-order valence-electron chi connectivity index (χ3n) is 8.98. The summed E-state index contributed by atoms with van der Waals surface area (Å²) in [5.74, 6) is -4.95. The van der Waals surface area contributed by atoms with Gasteiger partial charge in [-0.3, -0.25) is 9.69 Å². The Bertz CT molecular complexity index is 1780. The molecule has 2 bridgehead atoms. The van der Waals surface area contributed by atoms with E-state index in [-0.39, 0.29) is 54.5 Å². The molecule has 5 atom stereocenters. The van der Waals surface area contributed by atoms with E-state index < -0.39 is 68.9 Å². The number of rotatable bonds is 8. The number of piperazine rings is 1. The van der Waals surface area contributed by atoms with Gasteiger partial charge in [0.25, 0.3) is 10.0 Å². The number of carbonyl (C=O) groups excluding carboxylic acids is 2. The summed E-state index contributed by atoms with van der Waals surface area (Å²) in [6.07, 6.45) is 0.525. The van der Waals surface area contributed by atoms with Crippen molar-refractivity contribution < 1.29 is 44.6 Å². The van der Waals surface area contributed by atoms with Crippen LogP contribution in [0.4, 0.5) is 28.0 Å². The number of nitrogens with one attached hydrogen (secondary N) is 2. The van der Waals surface area contributed by atoms with Crippen LogP contribution in [0.5, 0.6) is 0 Å². The summed E-state index contributed by atoms with van der Waals surface area (Å²) in [4.78, 5) is 28.4. The number of sulfonamides is 1. The maximum Gasteiger partial charge on any atom is 0.410 e. The molecule has 0 saturated carbocycles. The lowest BCUT2D eigenvalue weighted by molar-refractivity contribution is -0.807. The molecule has 2 amide bonds. The molecule has 3 aromatic rings. The molecule has 4 N–H and O–H groups in total. The Morgan fingerprint density at radius 1 is 1.00 bits per heavy atom. The zero-order valence-corrected chi connectivity index (χ0v) is 28.3. The Hall–Kier alpha value is -4.01. The smallest absolute Gasteiger partial charge is 0.410 e. The number of benzene rings is 3. The highest BCUT2D eigenvalue weighted by Gasteiger charge is 2.47. The predicted molar refractivity (Wildman–Crippen MR) is 175 cm³/mol. The minimum atomic E-state index is -3.57. The fourth-order valence-electron chi connectivity index (χ4n) is 6.72. The second-order valence-electron chi connectivity index (χ2n) is 13.7. The lowest BCUT2D eigenvalue weighted by Gasteiger charge is -2.41. The number of ether oxygens (including phenoxy) is 1. The summed E-state index contributed by atoms with van der Waals surface area (Å²) in [6.45, 7) is 5.50. The summed E-state index contributed by atoms with van der Waals surface area (Å²) in [5, 5.41) is 2.65. The van der Waals surface area contributed by atoms with Crippen LogP contribution in [0.15, 0.2) is 60.7 Å². The van der Waals surface area contributed by atoms with Gasteiger partial charge >= 0.3 is 6.09 Å². The fraction of sp³-hybridized carbons (Fsp3) is 0.429. The molecule has 49 heavy (non-hydrogen) atoms. The Kier molecular flexibility index (Phi) is 10.7. The predicted octanol–water partition coefficient (Wildman–Crippen LogP) is 4.27. The molecule has 0 aromatic heterocycles. The summed E-state index contributed by atoms with van der Waals surface area (Å²) < 4.78 is 90.2. The van der Waals surface area contributed by atoms with Gasteiger partial charge in [-0.05, 0) is 87.6 Å². The van der Waals surface area contributed by atoms with Crippen molar-refractivity contribution in [2.24, 2.45) is 5.73 Å². The quantitative estimate of drug-likeness (QED) is 0.301. The van der Waals surface area contributed by atoms with Crippen LogP contribution in [-0.4, -0.2) is 67.9 Å². The van der Waals surface area contributed by atoms with Crippen molar-refractivity contribution in [3.63, 3.8) is 0 Å². The number of quaternary nitrogens is 1. The number of amides is 2. The van der Waals surface area contributed by atoms with E-state index in [0.29, 0.717) is 28.8 Å². The second-order valence-corrected chi connectivity index (χ2v) is 15.8. The zero-order chi connectivity index (χ0) is 35.7. The highest BCUT2D eigenvalue weighted by atomic mass is 32.2. The van der Waals surface area contributed by atoms with Gasteiger partial charge in [-0.2, -0.15) is 8.42 Å². The number of hydrogen-bond acceptors (Lipinski definition) is 6. The first-order valence-corrected chi connectivity index (χ1v) is 17.8. The van der Waals surface area contributed by atoms with Crippen molar-refractivity contribution in [2.75, 3.05) is 24.2 Å². The van der Waals surface area contributed by atoms with Crippen molar-refractivity contribution in [3.8, 4) is 0 Å². The van der Waals surface area contributed by atoms with Crippen molar-refractivity contribution in [1.29, 1.82) is 0 Å². The van der Waals surface area contributed by atoms with Gasteiger partial charge in [0.05, 0.1) is 18.6 Å². The van der Waals surface area contributed by atoms with Gasteiger partial charge in [-0.25, -0.2) is 26.7 Å². The van der Waals surface area contributed by atoms with E-state index in [9.17, 15) is 31.2 Å². The third kappa shape index (κ3) is 8.60. The molecule has 5 rings (SSSR count). The summed E-state index contributed by atoms with van der Waals surface area (Å²) in [5.41, 5.74) is 6.19. The van der Waals surface area contributed by atoms with Crippen molar-refractivity contribution in [1.82, 2.24) is 4.90 Å². The molecule has 0 spiro atoms. The van der Waals surface area contributed by atoms with E-state index in [0.717, 1.165) is 24.3 Å². The summed E-state index contributed by atoms with van der Waals surface area (Å²) in [6, 6.07) is 9.41. The largest absolute Gasteiger partial charge is 0.444 e. The average molecular weight is 706 g/mol. The van der Waals surface area contributed by atoms with Gasteiger partial charge in [0, 0.05) is 29.7 Å².